The first kappa shape index (κ1) is 13.0. The van der Waals surface area contributed by atoms with E-state index in [9.17, 15) is 4.39 Å². The van der Waals surface area contributed by atoms with E-state index in [0.29, 0.717) is 5.46 Å². The van der Waals surface area contributed by atoms with Gasteiger partial charge in [-0.3, -0.25) is 0 Å². The molecule has 18 heavy (non-hydrogen) atoms. The van der Waals surface area contributed by atoms with Crippen molar-refractivity contribution in [1.82, 2.24) is 4.98 Å². The standard InChI is InChI=1S/C12H14BFN2O2/c1-11(2)12(3,4)18-13(17-11)9-5-10(14)16-7-8(9)6-15/h5,7H,1-4H3. The highest BCUT2D eigenvalue weighted by molar-refractivity contribution is 6.62. The molecule has 1 aliphatic rings. The molecule has 94 valence electrons. The van der Waals surface area contributed by atoms with Crippen LogP contribution in [0.2, 0.25) is 0 Å². The Balaban J connectivity index is 2.41. The summed E-state index contributed by atoms with van der Waals surface area (Å²) in [5.41, 5.74) is -0.410. The van der Waals surface area contributed by atoms with Crippen LogP contribution in [0.1, 0.15) is 33.3 Å². The van der Waals surface area contributed by atoms with Crippen LogP contribution in [0.4, 0.5) is 4.39 Å². The molecule has 6 heteroatoms. The van der Waals surface area contributed by atoms with E-state index in [1.807, 2.05) is 33.8 Å². The van der Waals surface area contributed by atoms with Crippen LogP contribution in [-0.2, 0) is 9.31 Å². The summed E-state index contributed by atoms with van der Waals surface area (Å²) < 4.78 is 24.8. The van der Waals surface area contributed by atoms with Gasteiger partial charge in [-0.2, -0.15) is 9.65 Å². The molecule has 1 aromatic heterocycles. The number of aromatic nitrogens is 1. The van der Waals surface area contributed by atoms with Crippen molar-refractivity contribution in [2.24, 2.45) is 0 Å². The van der Waals surface area contributed by atoms with Gasteiger partial charge < -0.3 is 9.31 Å². The van der Waals surface area contributed by atoms with Crippen molar-refractivity contribution in [2.45, 2.75) is 38.9 Å². The second-order valence-corrected chi connectivity index (χ2v) is 5.29. The molecule has 0 N–H and O–H groups in total. The predicted octanol–water partition coefficient (Wildman–Crippen LogP) is 1.39. The first-order chi connectivity index (χ1) is 8.27. The summed E-state index contributed by atoms with van der Waals surface area (Å²) in [6.45, 7) is 7.60. The molecule has 1 fully saturated rings. The highest BCUT2D eigenvalue weighted by Gasteiger charge is 2.52. The van der Waals surface area contributed by atoms with Crippen LogP contribution in [0.15, 0.2) is 12.3 Å². The van der Waals surface area contributed by atoms with Crippen molar-refractivity contribution in [3.8, 4) is 6.07 Å². The van der Waals surface area contributed by atoms with Gasteiger partial charge in [-0.1, -0.05) is 0 Å². The van der Waals surface area contributed by atoms with Gasteiger partial charge in [-0.25, -0.2) is 4.98 Å². The minimum Gasteiger partial charge on any atom is -0.399 e. The monoisotopic (exact) mass is 248 g/mol. The maximum absolute atomic E-state index is 13.2. The number of hydrogen-bond donors (Lipinski definition) is 0. The lowest BCUT2D eigenvalue weighted by Crippen LogP contribution is -2.41. The molecule has 4 nitrogen and oxygen atoms in total. The van der Waals surface area contributed by atoms with Crippen LogP contribution >= 0.6 is 0 Å². The van der Waals surface area contributed by atoms with Crippen molar-refractivity contribution in [3.05, 3.63) is 23.8 Å². The Kier molecular flexibility index (Phi) is 2.92. The van der Waals surface area contributed by atoms with Gasteiger partial charge in [0.1, 0.15) is 6.07 Å². The Hall–Kier alpha value is -1.45. The van der Waals surface area contributed by atoms with Crippen molar-refractivity contribution in [3.63, 3.8) is 0 Å². The molecule has 1 saturated heterocycles. The number of rotatable bonds is 1. The zero-order chi connectivity index (χ0) is 13.6. The SMILES string of the molecule is CC1(C)OB(c2cc(F)ncc2C#N)OC1(C)C. The van der Waals surface area contributed by atoms with E-state index in [4.69, 9.17) is 14.6 Å². The van der Waals surface area contributed by atoms with Gasteiger partial charge in [0.2, 0.25) is 5.95 Å². The number of nitriles is 1. The third kappa shape index (κ3) is 2.00. The van der Waals surface area contributed by atoms with Gasteiger partial charge >= 0.3 is 7.12 Å². The molecule has 0 aromatic carbocycles. The number of halogens is 1. The zero-order valence-corrected chi connectivity index (χ0v) is 10.8. The molecule has 0 aliphatic carbocycles. The van der Waals surface area contributed by atoms with Crippen molar-refractivity contribution >= 4 is 12.6 Å². The fourth-order valence-electron chi connectivity index (χ4n) is 1.70. The van der Waals surface area contributed by atoms with Crippen LogP contribution in [0.5, 0.6) is 0 Å². The van der Waals surface area contributed by atoms with Crippen molar-refractivity contribution in [2.75, 3.05) is 0 Å². The van der Waals surface area contributed by atoms with E-state index in [-0.39, 0.29) is 5.56 Å². The van der Waals surface area contributed by atoms with Gasteiger partial charge in [-0.15, -0.1) is 0 Å². The van der Waals surface area contributed by atoms with E-state index >= 15 is 0 Å². The fraction of sp³-hybridized carbons (Fsp3) is 0.500. The van der Waals surface area contributed by atoms with E-state index < -0.39 is 24.3 Å². The lowest BCUT2D eigenvalue weighted by molar-refractivity contribution is 0.00578. The summed E-state index contributed by atoms with van der Waals surface area (Å²) in [5, 5.41) is 9.01. The smallest absolute Gasteiger partial charge is 0.399 e. The molecule has 0 saturated carbocycles. The van der Waals surface area contributed by atoms with Crippen molar-refractivity contribution < 1.29 is 13.7 Å². The molecular formula is C12H14BFN2O2. The molecule has 2 rings (SSSR count). The maximum atomic E-state index is 13.2. The maximum Gasteiger partial charge on any atom is 0.496 e. The predicted molar refractivity (Wildman–Crippen MR) is 64.6 cm³/mol. The minimum absolute atomic E-state index is 0.259. The molecule has 0 unspecified atom stereocenters. The largest absolute Gasteiger partial charge is 0.496 e. The van der Waals surface area contributed by atoms with Gasteiger partial charge in [-0.05, 0) is 33.8 Å². The quantitative estimate of drug-likeness (QED) is 0.556. The number of nitrogens with zero attached hydrogens (tertiary/aromatic N) is 2. The summed E-state index contributed by atoms with van der Waals surface area (Å²) in [6.07, 6.45) is 1.19. The molecule has 1 aliphatic heterocycles. The van der Waals surface area contributed by atoms with Gasteiger partial charge in [0, 0.05) is 11.7 Å². The second kappa shape index (κ2) is 4.04. The van der Waals surface area contributed by atoms with Crippen LogP contribution in [0.3, 0.4) is 0 Å². The van der Waals surface area contributed by atoms with E-state index in [1.165, 1.54) is 12.3 Å². The molecule has 2 heterocycles. The number of pyridine rings is 1. The normalized spacial score (nSPS) is 20.8. The topological polar surface area (TPSA) is 55.1 Å². The molecular weight excluding hydrogens is 234 g/mol. The highest BCUT2D eigenvalue weighted by atomic mass is 19.1. The van der Waals surface area contributed by atoms with Gasteiger partial charge in [0.05, 0.1) is 16.8 Å². The van der Waals surface area contributed by atoms with E-state index in [0.717, 1.165) is 0 Å². The minimum atomic E-state index is -0.748. The number of hydrogen-bond acceptors (Lipinski definition) is 4. The second-order valence-electron chi connectivity index (χ2n) is 5.29. The van der Waals surface area contributed by atoms with E-state index in [2.05, 4.69) is 4.98 Å². The van der Waals surface area contributed by atoms with Crippen LogP contribution in [0, 0.1) is 17.3 Å². The summed E-state index contributed by atoms with van der Waals surface area (Å²) in [4.78, 5) is 3.45. The summed E-state index contributed by atoms with van der Waals surface area (Å²) in [7, 11) is -0.748. The lowest BCUT2D eigenvalue weighted by Gasteiger charge is -2.32. The first-order valence-corrected chi connectivity index (χ1v) is 5.68. The Bertz CT molecular complexity index is 509. The molecule has 0 atom stereocenters. The molecule has 0 radical (unpaired) electrons. The van der Waals surface area contributed by atoms with Crippen molar-refractivity contribution in [1.29, 1.82) is 5.26 Å². The average Bonchev–Trinajstić information content (AvgIpc) is 2.48. The van der Waals surface area contributed by atoms with Gasteiger partial charge in [0.25, 0.3) is 0 Å². The zero-order valence-electron chi connectivity index (χ0n) is 10.8. The Morgan fingerprint density at radius 3 is 2.33 bits per heavy atom. The molecule has 1 aromatic rings. The molecule has 0 spiro atoms. The van der Waals surface area contributed by atoms with Crippen LogP contribution in [-0.4, -0.2) is 23.3 Å². The third-order valence-electron chi connectivity index (χ3n) is 3.53. The van der Waals surface area contributed by atoms with Gasteiger partial charge in [0.15, 0.2) is 0 Å². The van der Waals surface area contributed by atoms with Crippen LogP contribution in [0.25, 0.3) is 0 Å². The average molecular weight is 248 g/mol. The van der Waals surface area contributed by atoms with E-state index in [1.54, 1.807) is 0 Å². The molecule has 0 amide bonds. The Labute approximate surface area is 106 Å². The van der Waals surface area contributed by atoms with Crippen LogP contribution < -0.4 is 5.46 Å². The molecule has 0 bridgehead atoms. The third-order valence-corrected chi connectivity index (χ3v) is 3.53. The summed E-state index contributed by atoms with van der Waals surface area (Å²) in [6, 6.07) is 3.15. The lowest BCUT2D eigenvalue weighted by atomic mass is 9.77. The summed E-state index contributed by atoms with van der Waals surface area (Å²) in [5.74, 6) is -0.654. The Morgan fingerprint density at radius 2 is 1.83 bits per heavy atom. The first-order valence-electron chi connectivity index (χ1n) is 5.68. The highest BCUT2D eigenvalue weighted by Crippen LogP contribution is 2.36. The fourth-order valence-corrected chi connectivity index (χ4v) is 1.70. The Morgan fingerprint density at radius 1 is 1.28 bits per heavy atom. The summed E-state index contributed by atoms with van der Waals surface area (Å²) >= 11 is 0.